The van der Waals surface area contributed by atoms with E-state index in [0.29, 0.717) is 5.75 Å². The first-order valence-electron chi connectivity index (χ1n) is 4.67. The van der Waals surface area contributed by atoms with Crippen LogP contribution >= 0.6 is 11.8 Å². The Kier molecular flexibility index (Phi) is 4.29. The monoisotopic (exact) mass is 212 g/mol. The van der Waals surface area contributed by atoms with Crippen molar-refractivity contribution >= 4 is 11.8 Å². The first-order valence-corrected chi connectivity index (χ1v) is 5.72. The molecule has 14 heavy (non-hydrogen) atoms. The smallest absolute Gasteiger partial charge is 0.115 e. The van der Waals surface area contributed by atoms with Crippen LogP contribution in [0.15, 0.2) is 24.3 Å². The molecule has 0 bridgehead atoms. The van der Waals surface area contributed by atoms with Crippen molar-refractivity contribution in [3.8, 4) is 5.75 Å². The van der Waals surface area contributed by atoms with Crippen molar-refractivity contribution in [1.29, 1.82) is 0 Å². The largest absolute Gasteiger partial charge is 0.508 e. The molecule has 0 saturated heterocycles. The van der Waals surface area contributed by atoms with Crippen molar-refractivity contribution in [2.75, 3.05) is 0 Å². The predicted molar refractivity (Wildman–Crippen MR) is 60.5 cm³/mol. The van der Waals surface area contributed by atoms with E-state index in [9.17, 15) is 10.2 Å². The summed E-state index contributed by atoms with van der Waals surface area (Å²) in [6, 6.07) is 7.22. The summed E-state index contributed by atoms with van der Waals surface area (Å²) in [6.07, 6.45) is -0.294. The van der Waals surface area contributed by atoms with Gasteiger partial charge in [-0.25, -0.2) is 0 Å². The van der Waals surface area contributed by atoms with Gasteiger partial charge in [-0.3, -0.25) is 0 Å². The van der Waals surface area contributed by atoms with E-state index >= 15 is 0 Å². The Morgan fingerprint density at radius 2 is 2.07 bits per heavy atom. The summed E-state index contributed by atoms with van der Waals surface area (Å²) in [7, 11) is 0. The number of aliphatic hydroxyl groups is 1. The number of phenols is 1. The maximum Gasteiger partial charge on any atom is 0.115 e. The Labute approximate surface area is 89.0 Å². The molecular weight excluding hydrogens is 196 g/mol. The van der Waals surface area contributed by atoms with Gasteiger partial charge in [0.05, 0.1) is 6.10 Å². The van der Waals surface area contributed by atoms with E-state index in [-0.39, 0.29) is 11.4 Å². The maximum absolute atomic E-state index is 9.28. The second kappa shape index (κ2) is 5.27. The second-order valence-electron chi connectivity index (χ2n) is 3.43. The molecule has 2 atom stereocenters. The minimum Gasteiger partial charge on any atom is -0.508 e. The lowest BCUT2D eigenvalue weighted by molar-refractivity contribution is 0.196. The molecule has 0 aliphatic heterocycles. The van der Waals surface area contributed by atoms with E-state index in [1.807, 2.05) is 19.1 Å². The van der Waals surface area contributed by atoms with Gasteiger partial charge in [-0.05, 0) is 24.6 Å². The van der Waals surface area contributed by atoms with Crippen LogP contribution in [0.1, 0.15) is 19.4 Å². The van der Waals surface area contributed by atoms with Crippen LogP contribution in [0.25, 0.3) is 0 Å². The van der Waals surface area contributed by atoms with E-state index in [2.05, 4.69) is 0 Å². The molecule has 0 fully saturated rings. The zero-order valence-corrected chi connectivity index (χ0v) is 9.29. The van der Waals surface area contributed by atoms with E-state index in [1.54, 1.807) is 30.8 Å². The minimum absolute atomic E-state index is 0.220. The fraction of sp³-hybridized carbons (Fsp3) is 0.455. The van der Waals surface area contributed by atoms with Crippen molar-refractivity contribution in [2.24, 2.45) is 0 Å². The van der Waals surface area contributed by atoms with E-state index in [1.165, 1.54) is 0 Å². The summed E-state index contributed by atoms with van der Waals surface area (Å²) in [4.78, 5) is 0. The number of hydrogen-bond acceptors (Lipinski definition) is 3. The number of aliphatic hydroxyl groups excluding tert-OH is 1. The molecule has 1 aromatic carbocycles. The van der Waals surface area contributed by atoms with Crippen LogP contribution in [0.4, 0.5) is 0 Å². The van der Waals surface area contributed by atoms with Crippen LogP contribution in [-0.2, 0) is 5.75 Å². The van der Waals surface area contributed by atoms with Crippen LogP contribution in [0.3, 0.4) is 0 Å². The maximum atomic E-state index is 9.28. The molecule has 1 aromatic rings. The van der Waals surface area contributed by atoms with Gasteiger partial charge >= 0.3 is 0 Å². The lowest BCUT2D eigenvalue weighted by Gasteiger charge is -2.13. The topological polar surface area (TPSA) is 40.5 Å². The molecule has 2 N–H and O–H groups in total. The summed E-state index contributed by atoms with van der Waals surface area (Å²) in [5.74, 6) is 1.12. The average molecular weight is 212 g/mol. The van der Waals surface area contributed by atoms with Gasteiger partial charge in [0.2, 0.25) is 0 Å². The fourth-order valence-electron chi connectivity index (χ4n) is 1.01. The number of benzene rings is 1. The number of aromatic hydroxyl groups is 1. The van der Waals surface area contributed by atoms with Gasteiger partial charge in [-0.15, -0.1) is 0 Å². The van der Waals surface area contributed by atoms with E-state index in [4.69, 9.17) is 0 Å². The van der Waals surface area contributed by atoms with Crippen LogP contribution in [0.5, 0.6) is 5.75 Å². The van der Waals surface area contributed by atoms with Gasteiger partial charge in [-0.2, -0.15) is 11.8 Å². The molecule has 0 radical (unpaired) electrons. The standard InChI is InChI=1S/C11H16O2S/c1-8(12)9(2)14-7-10-4-3-5-11(13)6-10/h3-6,8-9,12-13H,7H2,1-2H3. The third kappa shape index (κ3) is 3.60. The second-order valence-corrected chi connectivity index (χ2v) is 4.79. The molecule has 78 valence electrons. The first kappa shape index (κ1) is 11.4. The van der Waals surface area contributed by atoms with Gasteiger partial charge in [0.1, 0.15) is 5.75 Å². The Morgan fingerprint density at radius 1 is 1.36 bits per heavy atom. The number of thioether (sulfide) groups is 1. The minimum atomic E-state index is -0.294. The molecule has 0 amide bonds. The third-order valence-corrected chi connectivity index (χ3v) is 3.52. The normalized spacial score (nSPS) is 15.1. The van der Waals surface area contributed by atoms with Gasteiger partial charge in [0.25, 0.3) is 0 Å². The Bertz CT molecular complexity index is 286. The summed E-state index contributed by atoms with van der Waals surface area (Å²) >= 11 is 1.69. The van der Waals surface area contributed by atoms with Crippen molar-refractivity contribution in [1.82, 2.24) is 0 Å². The lowest BCUT2D eigenvalue weighted by Crippen LogP contribution is -2.15. The highest BCUT2D eigenvalue weighted by atomic mass is 32.2. The SMILES string of the molecule is CC(O)C(C)SCc1cccc(O)c1. The molecule has 0 aliphatic carbocycles. The Morgan fingerprint density at radius 3 is 2.64 bits per heavy atom. The lowest BCUT2D eigenvalue weighted by atomic mass is 10.2. The molecule has 0 aromatic heterocycles. The summed E-state index contributed by atoms with van der Waals surface area (Å²) in [6.45, 7) is 3.79. The van der Waals surface area contributed by atoms with Crippen LogP contribution in [0, 0.1) is 0 Å². The fourth-order valence-corrected chi connectivity index (χ4v) is 1.93. The molecule has 0 aliphatic rings. The number of phenolic OH excluding ortho intramolecular Hbond substituents is 1. The highest BCUT2D eigenvalue weighted by Gasteiger charge is 2.08. The summed E-state index contributed by atoms with van der Waals surface area (Å²) in [5, 5.41) is 18.7. The molecule has 0 saturated carbocycles. The molecule has 1 rings (SSSR count). The molecule has 3 heteroatoms. The molecule has 0 heterocycles. The van der Waals surface area contributed by atoms with Gasteiger partial charge in [0, 0.05) is 11.0 Å². The van der Waals surface area contributed by atoms with Crippen LogP contribution in [0.2, 0.25) is 0 Å². The van der Waals surface area contributed by atoms with E-state index in [0.717, 1.165) is 11.3 Å². The molecule has 2 unspecified atom stereocenters. The van der Waals surface area contributed by atoms with Crippen LogP contribution in [-0.4, -0.2) is 21.6 Å². The molecular formula is C11H16O2S. The Hall–Kier alpha value is -0.670. The van der Waals surface area contributed by atoms with E-state index < -0.39 is 0 Å². The molecule has 0 spiro atoms. The summed E-state index contributed by atoms with van der Waals surface area (Å²) in [5.41, 5.74) is 1.09. The van der Waals surface area contributed by atoms with Crippen molar-refractivity contribution in [2.45, 2.75) is 31.0 Å². The van der Waals surface area contributed by atoms with Crippen LogP contribution < -0.4 is 0 Å². The number of hydrogen-bond donors (Lipinski definition) is 2. The van der Waals surface area contributed by atoms with Crippen molar-refractivity contribution in [3.63, 3.8) is 0 Å². The highest BCUT2D eigenvalue weighted by molar-refractivity contribution is 7.99. The zero-order chi connectivity index (χ0) is 10.6. The van der Waals surface area contributed by atoms with Gasteiger partial charge in [0.15, 0.2) is 0 Å². The first-order chi connectivity index (χ1) is 6.59. The highest BCUT2D eigenvalue weighted by Crippen LogP contribution is 2.21. The zero-order valence-electron chi connectivity index (χ0n) is 8.47. The quantitative estimate of drug-likeness (QED) is 0.805. The molecule has 2 nitrogen and oxygen atoms in total. The summed E-state index contributed by atoms with van der Waals surface area (Å²) < 4.78 is 0. The number of rotatable bonds is 4. The average Bonchev–Trinajstić information content (AvgIpc) is 2.14. The van der Waals surface area contributed by atoms with Gasteiger partial charge in [-0.1, -0.05) is 19.1 Å². The van der Waals surface area contributed by atoms with Gasteiger partial charge < -0.3 is 10.2 Å². The Balaban J connectivity index is 2.45. The predicted octanol–water partition coefficient (Wildman–Crippen LogP) is 2.39. The van der Waals surface area contributed by atoms with Crippen molar-refractivity contribution in [3.05, 3.63) is 29.8 Å². The van der Waals surface area contributed by atoms with Crippen molar-refractivity contribution < 1.29 is 10.2 Å². The third-order valence-electron chi connectivity index (χ3n) is 2.10.